The first-order valence-electron chi connectivity index (χ1n) is 7.68. The van der Waals surface area contributed by atoms with Crippen LogP contribution in [0.15, 0.2) is 0 Å². The van der Waals surface area contributed by atoms with Crippen LogP contribution in [0, 0.1) is 0 Å². The van der Waals surface area contributed by atoms with Gasteiger partial charge in [0, 0.05) is 24.0 Å². The van der Waals surface area contributed by atoms with E-state index in [2.05, 4.69) is 24.1 Å². The van der Waals surface area contributed by atoms with Crippen molar-refractivity contribution in [3.8, 4) is 0 Å². The Balaban J connectivity index is 1.77. The van der Waals surface area contributed by atoms with Crippen molar-refractivity contribution in [3.63, 3.8) is 0 Å². The van der Waals surface area contributed by atoms with Gasteiger partial charge in [0.25, 0.3) is 0 Å². The van der Waals surface area contributed by atoms with Crippen molar-refractivity contribution in [1.82, 2.24) is 15.2 Å². The molecule has 2 aliphatic rings. The topological polar surface area (TPSA) is 37.4 Å². The van der Waals surface area contributed by atoms with Crippen LogP contribution in [0.1, 0.15) is 54.3 Å². The number of morpholine rings is 1. The fourth-order valence-electron chi connectivity index (χ4n) is 3.22. The molecule has 3 rings (SSSR count). The van der Waals surface area contributed by atoms with Crippen molar-refractivity contribution in [2.45, 2.75) is 51.3 Å². The normalized spacial score (nSPS) is 27.2. The van der Waals surface area contributed by atoms with Crippen LogP contribution in [-0.4, -0.2) is 42.7 Å². The second kappa shape index (κ2) is 6.10. The molecular weight excluding hydrogens is 270 g/mol. The van der Waals surface area contributed by atoms with E-state index in [9.17, 15) is 0 Å². The Kier molecular flexibility index (Phi) is 4.40. The predicted octanol–water partition coefficient (Wildman–Crippen LogP) is 2.52. The van der Waals surface area contributed by atoms with Gasteiger partial charge < -0.3 is 10.1 Å². The molecule has 1 N–H and O–H groups in total. The lowest BCUT2D eigenvalue weighted by molar-refractivity contribution is -0.0502. The van der Waals surface area contributed by atoms with Crippen molar-refractivity contribution in [2.75, 3.05) is 26.7 Å². The predicted molar refractivity (Wildman–Crippen MR) is 82.3 cm³/mol. The van der Waals surface area contributed by atoms with Crippen LogP contribution >= 0.6 is 11.3 Å². The van der Waals surface area contributed by atoms with Crippen molar-refractivity contribution < 1.29 is 4.74 Å². The van der Waals surface area contributed by atoms with E-state index in [-0.39, 0.29) is 6.10 Å². The number of aromatic nitrogens is 1. The smallest absolute Gasteiger partial charge is 0.123 e. The molecule has 5 heteroatoms. The van der Waals surface area contributed by atoms with E-state index < -0.39 is 0 Å². The zero-order valence-electron chi connectivity index (χ0n) is 12.7. The molecule has 1 aromatic rings. The van der Waals surface area contributed by atoms with Gasteiger partial charge >= 0.3 is 0 Å². The molecule has 0 aliphatic carbocycles. The lowest BCUT2D eigenvalue weighted by Crippen LogP contribution is -2.42. The minimum absolute atomic E-state index is 0.178. The maximum Gasteiger partial charge on any atom is 0.123 e. The summed E-state index contributed by atoms with van der Waals surface area (Å²) in [5.41, 5.74) is 1.24. The van der Waals surface area contributed by atoms with Gasteiger partial charge in [0.1, 0.15) is 11.1 Å². The average Bonchev–Trinajstić information content (AvgIpc) is 3.04. The quantitative estimate of drug-likeness (QED) is 0.926. The standard InChI is InChI=1S/C15H25N3OS/c1-10(2)14-13(7-16-3)20-15(17-14)12-8-18-6-4-5-11(18)9-19-12/h10-12,16H,4-9H2,1-3H3. The van der Waals surface area contributed by atoms with Crippen LogP contribution in [0.25, 0.3) is 0 Å². The summed E-state index contributed by atoms with van der Waals surface area (Å²) >= 11 is 1.83. The van der Waals surface area contributed by atoms with Crippen molar-refractivity contribution in [2.24, 2.45) is 0 Å². The average molecular weight is 295 g/mol. The molecule has 3 heterocycles. The molecule has 0 spiro atoms. The highest BCUT2D eigenvalue weighted by Crippen LogP contribution is 2.34. The highest BCUT2D eigenvalue weighted by Gasteiger charge is 2.34. The maximum atomic E-state index is 6.09. The molecule has 20 heavy (non-hydrogen) atoms. The van der Waals surface area contributed by atoms with Crippen LogP contribution in [0.3, 0.4) is 0 Å². The first-order valence-corrected chi connectivity index (χ1v) is 8.50. The molecule has 0 bridgehead atoms. The molecule has 0 radical (unpaired) electrons. The fraction of sp³-hybridized carbons (Fsp3) is 0.800. The van der Waals surface area contributed by atoms with Gasteiger partial charge in [-0.2, -0.15) is 0 Å². The summed E-state index contributed by atoms with van der Waals surface area (Å²) in [4.78, 5) is 8.84. The second-order valence-electron chi connectivity index (χ2n) is 6.16. The van der Waals surface area contributed by atoms with E-state index in [1.807, 2.05) is 18.4 Å². The van der Waals surface area contributed by atoms with Crippen LogP contribution in [-0.2, 0) is 11.3 Å². The van der Waals surface area contributed by atoms with Crippen LogP contribution in [0.4, 0.5) is 0 Å². The van der Waals surface area contributed by atoms with Crippen LogP contribution < -0.4 is 5.32 Å². The molecule has 0 aromatic carbocycles. The lowest BCUT2D eigenvalue weighted by atomic mass is 10.1. The molecule has 2 fully saturated rings. The highest BCUT2D eigenvalue weighted by atomic mass is 32.1. The van der Waals surface area contributed by atoms with E-state index >= 15 is 0 Å². The third kappa shape index (κ3) is 2.77. The summed E-state index contributed by atoms with van der Waals surface area (Å²) < 4.78 is 6.09. The molecule has 0 saturated carbocycles. The summed E-state index contributed by atoms with van der Waals surface area (Å²) in [5, 5.41) is 4.42. The molecule has 112 valence electrons. The number of nitrogens with one attached hydrogen (secondary N) is 1. The van der Waals surface area contributed by atoms with Gasteiger partial charge in [0.15, 0.2) is 0 Å². The van der Waals surface area contributed by atoms with Crippen LogP contribution in [0.5, 0.6) is 0 Å². The number of thiazole rings is 1. The molecule has 0 amide bonds. The maximum absolute atomic E-state index is 6.09. The Morgan fingerprint density at radius 3 is 3.10 bits per heavy atom. The Morgan fingerprint density at radius 1 is 1.50 bits per heavy atom. The van der Waals surface area contributed by atoms with Gasteiger partial charge in [-0.3, -0.25) is 4.90 Å². The van der Waals surface area contributed by atoms with E-state index in [1.165, 1.54) is 35.0 Å². The van der Waals surface area contributed by atoms with E-state index in [0.29, 0.717) is 12.0 Å². The lowest BCUT2D eigenvalue weighted by Gasteiger charge is -2.34. The van der Waals surface area contributed by atoms with Gasteiger partial charge in [-0.15, -0.1) is 11.3 Å². The van der Waals surface area contributed by atoms with Gasteiger partial charge in [-0.1, -0.05) is 13.8 Å². The van der Waals surface area contributed by atoms with E-state index in [4.69, 9.17) is 9.72 Å². The Bertz CT molecular complexity index is 460. The third-order valence-electron chi connectivity index (χ3n) is 4.29. The monoisotopic (exact) mass is 295 g/mol. The second-order valence-corrected chi connectivity index (χ2v) is 7.27. The summed E-state index contributed by atoms with van der Waals surface area (Å²) in [5.74, 6) is 0.478. The van der Waals surface area contributed by atoms with Crippen molar-refractivity contribution in [1.29, 1.82) is 0 Å². The minimum atomic E-state index is 0.178. The molecular formula is C15H25N3OS. The summed E-state index contributed by atoms with van der Waals surface area (Å²) in [7, 11) is 2.00. The molecule has 2 aliphatic heterocycles. The van der Waals surface area contributed by atoms with Gasteiger partial charge in [0.2, 0.25) is 0 Å². The van der Waals surface area contributed by atoms with E-state index in [1.54, 1.807) is 0 Å². The molecule has 1 aromatic heterocycles. The van der Waals surface area contributed by atoms with E-state index in [0.717, 1.165) is 19.7 Å². The summed E-state index contributed by atoms with van der Waals surface area (Å²) in [6, 6.07) is 0.660. The Hall–Kier alpha value is -0.490. The Labute approximate surface area is 125 Å². The minimum Gasteiger partial charge on any atom is -0.368 e. The molecule has 2 saturated heterocycles. The number of rotatable bonds is 4. The number of ether oxygens (including phenoxy) is 1. The number of hydrogen-bond acceptors (Lipinski definition) is 5. The molecule has 2 unspecified atom stereocenters. The third-order valence-corrected chi connectivity index (χ3v) is 5.46. The Morgan fingerprint density at radius 2 is 2.35 bits per heavy atom. The van der Waals surface area contributed by atoms with Crippen molar-refractivity contribution >= 4 is 11.3 Å². The fourth-order valence-corrected chi connectivity index (χ4v) is 4.50. The number of hydrogen-bond donors (Lipinski definition) is 1. The molecule has 2 atom stereocenters. The van der Waals surface area contributed by atoms with Crippen LogP contribution in [0.2, 0.25) is 0 Å². The van der Waals surface area contributed by atoms with Gasteiger partial charge in [0.05, 0.1) is 12.3 Å². The zero-order valence-corrected chi connectivity index (χ0v) is 13.5. The van der Waals surface area contributed by atoms with Gasteiger partial charge in [-0.05, 0) is 32.4 Å². The summed E-state index contributed by atoms with van der Waals surface area (Å²) in [6.45, 7) is 8.48. The largest absolute Gasteiger partial charge is 0.368 e. The van der Waals surface area contributed by atoms with Crippen molar-refractivity contribution in [3.05, 3.63) is 15.6 Å². The highest BCUT2D eigenvalue weighted by molar-refractivity contribution is 7.11. The number of nitrogens with zero attached hydrogens (tertiary/aromatic N) is 2. The first kappa shape index (κ1) is 14.4. The SMILES string of the molecule is CNCc1sc(C2CN3CCCC3CO2)nc1C(C)C. The van der Waals surface area contributed by atoms with Gasteiger partial charge in [-0.25, -0.2) is 4.98 Å². The summed E-state index contributed by atoms with van der Waals surface area (Å²) in [6.07, 6.45) is 2.80. The first-order chi connectivity index (χ1) is 9.69. The zero-order chi connectivity index (χ0) is 14.1. The number of fused-ring (bicyclic) bond motifs is 1. The molecule has 4 nitrogen and oxygen atoms in total.